The molecule has 0 amide bonds. The molecule has 0 aromatic carbocycles. The Kier molecular flexibility index (Phi) is 3.15. The van der Waals surface area contributed by atoms with E-state index < -0.39 is 0 Å². The minimum atomic E-state index is 0.000514. The molecule has 2 aliphatic rings. The Bertz CT molecular complexity index is 149. The molecule has 0 aromatic rings. The molecule has 2 fully saturated rings. The largest absolute Gasteiger partial charge is 0.181 e. The lowest BCUT2D eigenvalue weighted by molar-refractivity contribution is 0.843. The standard InChI is InChI=1S/C10H18PS/c12-11(9-5-1-2-6-9)10-7-3-4-8-10/h9-10H,1-8H2/q+1. The van der Waals surface area contributed by atoms with Crippen molar-refractivity contribution in [1.82, 2.24) is 0 Å². The van der Waals surface area contributed by atoms with E-state index in [1.54, 1.807) is 0 Å². The molecule has 2 aliphatic carbocycles. The Morgan fingerprint density at radius 2 is 1.08 bits per heavy atom. The molecule has 0 atom stereocenters. The fraction of sp³-hybridized carbons (Fsp3) is 1.00. The van der Waals surface area contributed by atoms with Gasteiger partial charge in [-0.3, -0.25) is 0 Å². The Labute approximate surface area is 81.5 Å². The van der Waals surface area contributed by atoms with E-state index in [4.69, 9.17) is 11.8 Å². The van der Waals surface area contributed by atoms with Crippen LogP contribution in [0.15, 0.2) is 0 Å². The molecule has 0 spiro atoms. The van der Waals surface area contributed by atoms with Gasteiger partial charge in [-0.25, -0.2) is 0 Å². The number of hydrogen-bond donors (Lipinski definition) is 0. The van der Waals surface area contributed by atoms with E-state index in [9.17, 15) is 0 Å². The van der Waals surface area contributed by atoms with Crippen LogP contribution in [0.25, 0.3) is 0 Å². The predicted molar refractivity (Wildman–Crippen MR) is 58.8 cm³/mol. The van der Waals surface area contributed by atoms with Gasteiger partial charge in [0.2, 0.25) is 0 Å². The minimum Gasteiger partial charge on any atom is -0.0489 e. The van der Waals surface area contributed by atoms with E-state index in [-0.39, 0.29) is 6.70 Å². The molecule has 68 valence electrons. The van der Waals surface area contributed by atoms with Crippen molar-refractivity contribution in [2.45, 2.75) is 62.7 Å². The predicted octanol–water partition coefficient (Wildman–Crippen LogP) is 3.82. The zero-order chi connectivity index (χ0) is 8.39. The molecular weight excluding hydrogens is 183 g/mol. The first-order chi connectivity index (χ1) is 5.88. The average Bonchev–Trinajstić information content (AvgIpc) is 2.77. The maximum Gasteiger partial charge on any atom is 0.181 e. The van der Waals surface area contributed by atoms with Crippen LogP contribution in [0.1, 0.15) is 51.4 Å². The summed E-state index contributed by atoms with van der Waals surface area (Å²) >= 11 is 5.72. The van der Waals surface area contributed by atoms with Gasteiger partial charge in [0.1, 0.15) is 11.3 Å². The van der Waals surface area contributed by atoms with Crippen LogP contribution >= 0.6 is 6.70 Å². The quantitative estimate of drug-likeness (QED) is 0.612. The van der Waals surface area contributed by atoms with Crippen molar-refractivity contribution in [3.8, 4) is 0 Å². The zero-order valence-corrected chi connectivity index (χ0v) is 9.38. The molecule has 0 heterocycles. The SMILES string of the molecule is S=[P+](C1CCCC1)C1CCCC1. The molecule has 0 saturated heterocycles. The van der Waals surface area contributed by atoms with E-state index >= 15 is 0 Å². The summed E-state index contributed by atoms with van der Waals surface area (Å²) in [6.45, 7) is 0.000514. The Morgan fingerprint density at radius 3 is 1.42 bits per heavy atom. The molecule has 12 heavy (non-hydrogen) atoms. The van der Waals surface area contributed by atoms with Gasteiger partial charge in [-0.1, -0.05) is 0 Å². The van der Waals surface area contributed by atoms with Gasteiger partial charge < -0.3 is 0 Å². The second kappa shape index (κ2) is 4.15. The fourth-order valence-electron chi connectivity index (χ4n) is 2.62. The van der Waals surface area contributed by atoms with Crippen LogP contribution in [-0.2, 0) is 11.8 Å². The second-order valence-corrected chi connectivity index (χ2v) is 7.68. The third-order valence-electron chi connectivity index (χ3n) is 3.37. The van der Waals surface area contributed by atoms with Gasteiger partial charge in [0, 0.05) is 0 Å². The minimum absolute atomic E-state index is 0.000514. The number of hydrogen-bond acceptors (Lipinski definition) is 1. The van der Waals surface area contributed by atoms with Crippen LogP contribution in [0, 0.1) is 0 Å². The molecule has 0 N–H and O–H groups in total. The van der Waals surface area contributed by atoms with Crippen LogP contribution in [0.3, 0.4) is 0 Å². The third kappa shape index (κ3) is 1.88. The van der Waals surface area contributed by atoms with E-state index in [2.05, 4.69) is 0 Å². The summed E-state index contributed by atoms with van der Waals surface area (Å²) in [5, 5.41) is 0. The third-order valence-corrected chi connectivity index (χ3v) is 7.63. The molecule has 0 aliphatic heterocycles. The van der Waals surface area contributed by atoms with Crippen molar-refractivity contribution in [3.05, 3.63) is 0 Å². The molecular formula is C10H18PS+. The van der Waals surface area contributed by atoms with Gasteiger partial charge >= 0.3 is 0 Å². The van der Waals surface area contributed by atoms with Crippen LogP contribution in [0.4, 0.5) is 0 Å². The first-order valence-electron chi connectivity index (χ1n) is 5.33. The molecule has 0 unspecified atom stereocenters. The highest BCUT2D eigenvalue weighted by molar-refractivity contribution is 8.05. The topological polar surface area (TPSA) is 0 Å². The van der Waals surface area contributed by atoms with Gasteiger partial charge in [-0.15, -0.1) is 0 Å². The maximum atomic E-state index is 5.72. The fourth-order valence-corrected chi connectivity index (χ4v) is 6.23. The van der Waals surface area contributed by atoms with Crippen molar-refractivity contribution in [2.24, 2.45) is 0 Å². The molecule has 0 nitrogen and oxygen atoms in total. The number of rotatable bonds is 2. The Balaban J connectivity index is 1.89. The van der Waals surface area contributed by atoms with Crippen LogP contribution < -0.4 is 0 Å². The lowest BCUT2D eigenvalue weighted by Crippen LogP contribution is -2.03. The summed E-state index contributed by atoms with van der Waals surface area (Å²) < 4.78 is 0. The summed E-state index contributed by atoms with van der Waals surface area (Å²) in [4.78, 5) is 0. The zero-order valence-electron chi connectivity index (χ0n) is 7.67. The van der Waals surface area contributed by atoms with Crippen LogP contribution in [0.5, 0.6) is 0 Å². The molecule has 0 aromatic heterocycles. The van der Waals surface area contributed by atoms with Crippen molar-refractivity contribution in [1.29, 1.82) is 0 Å². The lowest BCUT2D eigenvalue weighted by Gasteiger charge is -2.04. The molecule has 2 rings (SSSR count). The van der Waals surface area contributed by atoms with Crippen molar-refractivity contribution < 1.29 is 0 Å². The normalized spacial score (nSPS) is 26.7. The summed E-state index contributed by atoms with van der Waals surface area (Å²) in [5.41, 5.74) is 1.97. The van der Waals surface area contributed by atoms with Gasteiger partial charge in [0.25, 0.3) is 0 Å². The van der Waals surface area contributed by atoms with Gasteiger partial charge in [0.15, 0.2) is 18.5 Å². The van der Waals surface area contributed by atoms with Crippen LogP contribution in [-0.4, -0.2) is 11.3 Å². The highest BCUT2D eigenvalue weighted by atomic mass is 32.4. The van der Waals surface area contributed by atoms with E-state index in [0.717, 1.165) is 11.3 Å². The molecule has 0 bridgehead atoms. The van der Waals surface area contributed by atoms with E-state index in [1.165, 1.54) is 51.4 Å². The van der Waals surface area contributed by atoms with Crippen LogP contribution in [0.2, 0.25) is 0 Å². The van der Waals surface area contributed by atoms with Crippen molar-refractivity contribution in [3.63, 3.8) is 0 Å². The second-order valence-electron chi connectivity index (χ2n) is 4.24. The van der Waals surface area contributed by atoms with E-state index in [1.807, 2.05) is 0 Å². The summed E-state index contributed by atoms with van der Waals surface area (Å²) in [7, 11) is 0. The lowest BCUT2D eigenvalue weighted by atomic mass is 10.4. The molecule has 2 heteroatoms. The van der Waals surface area contributed by atoms with E-state index in [0.29, 0.717) is 0 Å². The highest BCUT2D eigenvalue weighted by Gasteiger charge is 2.37. The molecule has 0 radical (unpaired) electrons. The monoisotopic (exact) mass is 201 g/mol. The Morgan fingerprint density at radius 1 is 0.750 bits per heavy atom. The summed E-state index contributed by atoms with van der Waals surface area (Å²) in [6.07, 6.45) is 11.7. The first kappa shape index (κ1) is 9.09. The summed E-state index contributed by atoms with van der Waals surface area (Å²) in [6, 6.07) is 0. The average molecular weight is 201 g/mol. The smallest absolute Gasteiger partial charge is 0.0489 e. The van der Waals surface area contributed by atoms with Gasteiger partial charge in [-0.2, -0.15) is 0 Å². The van der Waals surface area contributed by atoms with Crippen molar-refractivity contribution >= 4 is 18.5 Å². The maximum absolute atomic E-state index is 5.72. The first-order valence-corrected chi connectivity index (χ1v) is 7.83. The Hall–Kier alpha value is 0.520. The molecule has 2 saturated carbocycles. The highest BCUT2D eigenvalue weighted by Crippen LogP contribution is 2.48. The van der Waals surface area contributed by atoms with Gasteiger partial charge in [-0.05, 0) is 51.4 Å². The van der Waals surface area contributed by atoms with Crippen molar-refractivity contribution in [2.75, 3.05) is 0 Å². The summed E-state index contributed by atoms with van der Waals surface area (Å²) in [5.74, 6) is 0. The van der Waals surface area contributed by atoms with Gasteiger partial charge in [0.05, 0.1) is 0 Å².